The summed E-state index contributed by atoms with van der Waals surface area (Å²) < 4.78 is 0. The molecule has 0 unspecified atom stereocenters. The fourth-order valence-electron chi connectivity index (χ4n) is 3.07. The van der Waals surface area contributed by atoms with Gasteiger partial charge in [0.1, 0.15) is 0 Å². The number of benzene rings is 2. The van der Waals surface area contributed by atoms with Gasteiger partial charge in [-0.25, -0.2) is 4.98 Å². The number of para-hydroxylation sites is 1. The zero-order valence-electron chi connectivity index (χ0n) is 15.2. The quantitative estimate of drug-likeness (QED) is 0.494. The van der Waals surface area contributed by atoms with Crippen LogP contribution in [-0.2, 0) is 5.41 Å². The highest BCUT2D eigenvalue weighted by Gasteiger charge is 2.22. The summed E-state index contributed by atoms with van der Waals surface area (Å²) in [5.41, 5.74) is 5.07. The molecule has 5 nitrogen and oxygen atoms in total. The second-order valence-corrected chi connectivity index (χ2v) is 7.02. The van der Waals surface area contributed by atoms with Crippen molar-refractivity contribution in [1.29, 1.82) is 5.26 Å². The van der Waals surface area contributed by atoms with Gasteiger partial charge in [-0.2, -0.15) is 10.4 Å². The van der Waals surface area contributed by atoms with Crippen LogP contribution in [0.4, 0.5) is 11.4 Å². The molecule has 5 heteroatoms. The molecule has 0 saturated heterocycles. The summed E-state index contributed by atoms with van der Waals surface area (Å²) in [4.78, 5) is 4.32. The average Bonchev–Trinajstić information content (AvgIpc) is 3.17. The van der Waals surface area contributed by atoms with E-state index in [9.17, 15) is 5.26 Å². The Balaban J connectivity index is 0.00000150. The van der Waals surface area contributed by atoms with Crippen LogP contribution in [0.5, 0.6) is 0 Å². The first-order chi connectivity index (χ1) is 13.1. The molecule has 0 aliphatic carbocycles. The first-order valence-corrected chi connectivity index (χ1v) is 8.74. The van der Waals surface area contributed by atoms with Gasteiger partial charge < -0.3 is 5.32 Å². The fraction of sp³-hybridized carbons (Fsp3) is 0.136. The molecule has 0 aliphatic rings. The number of nitriles is 1. The molecule has 0 bridgehead atoms. The molecule has 0 saturated carbocycles. The highest BCUT2D eigenvalue weighted by Crippen LogP contribution is 2.34. The molecule has 0 fully saturated rings. The van der Waals surface area contributed by atoms with Gasteiger partial charge in [0.2, 0.25) is 0 Å². The zero-order chi connectivity index (χ0) is 18.9. The van der Waals surface area contributed by atoms with Crippen LogP contribution in [0.25, 0.3) is 22.2 Å². The predicted molar refractivity (Wildman–Crippen MR) is 112 cm³/mol. The lowest BCUT2D eigenvalue weighted by molar-refractivity contribution is 0.687. The van der Waals surface area contributed by atoms with Crippen LogP contribution in [0.3, 0.4) is 0 Å². The van der Waals surface area contributed by atoms with Crippen LogP contribution >= 0.6 is 0 Å². The van der Waals surface area contributed by atoms with Crippen molar-refractivity contribution in [2.75, 3.05) is 5.32 Å². The van der Waals surface area contributed by atoms with Crippen molar-refractivity contribution >= 4 is 22.4 Å². The summed E-state index contributed by atoms with van der Waals surface area (Å²) in [5.74, 6) is 0. The molecule has 0 amide bonds. The summed E-state index contributed by atoms with van der Waals surface area (Å²) in [6.45, 7) is 3.86. The van der Waals surface area contributed by atoms with Gasteiger partial charge in [-0.15, -0.1) is 0 Å². The van der Waals surface area contributed by atoms with E-state index in [2.05, 4.69) is 38.7 Å². The summed E-state index contributed by atoms with van der Waals surface area (Å²) in [6.07, 6.45) is 3.55. The lowest BCUT2D eigenvalue weighted by Gasteiger charge is -2.19. The van der Waals surface area contributed by atoms with E-state index in [1.165, 1.54) is 0 Å². The van der Waals surface area contributed by atoms with E-state index >= 15 is 0 Å². The van der Waals surface area contributed by atoms with E-state index in [4.69, 9.17) is 0 Å². The Morgan fingerprint density at radius 2 is 1.89 bits per heavy atom. The van der Waals surface area contributed by atoms with Crippen molar-refractivity contribution in [3.05, 3.63) is 72.6 Å². The van der Waals surface area contributed by atoms with Crippen molar-refractivity contribution in [3.63, 3.8) is 0 Å². The number of nitrogens with one attached hydrogen (secondary N) is 2. The molecule has 0 spiro atoms. The van der Waals surface area contributed by atoms with Gasteiger partial charge in [0.05, 0.1) is 17.7 Å². The zero-order valence-corrected chi connectivity index (χ0v) is 15.2. The first kappa shape index (κ1) is 16.8. The van der Waals surface area contributed by atoms with Crippen LogP contribution in [0, 0.1) is 11.3 Å². The minimum Gasteiger partial charge on any atom is -0.356 e. The Hall–Kier alpha value is -3.65. The number of aromatic nitrogens is 3. The SMILES string of the molecule is CC(C)(C#N)c1cc(Nc2ccccc2)cc(-c2ccnc3[nH]ncc23)c1.[HH].[HH]. The molecule has 0 radical (unpaired) electrons. The van der Waals surface area contributed by atoms with Gasteiger partial charge in [-0.05, 0) is 66.9 Å². The van der Waals surface area contributed by atoms with Crippen LogP contribution < -0.4 is 5.32 Å². The number of pyridine rings is 1. The summed E-state index contributed by atoms with van der Waals surface area (Å²) >= 11 is 0. The van der Waals surface area contributed by atoms with Crippen LogP contribution in [-0.4, -0.2) is 15.2 Å². The third-order valence-electron chi connectivity index (χ3n) is 4.66. The smallest absolute Gasteiger partial charge is 0.155 e. The minimum absolute atomic E-state index is 0. The number of aromatic amines is 1. The normalized spacial score (nSPS) is 11.3. The number of nitrogens with zero attached hydrogens (tertiary/aromatic N) is 3. The van der Waals surface area contributed by atoms with E-state index in [1.807, 2.05) is 56.3 Å². The molecule has 2 aromatic heterocycles. The second-order valence-electron chi connectivity index (χ2n) is 7.02. The first-order valence-electron chi connectivity index (χ1n) is 8.74. The molecular formula is C22H23N5. The standard InChI is InChI=1S/C22H19N5.2H2/c1-22(2,14-23)16-10-15(19-8-9-24-21-20(19)13-25-27-21)11-18(12-16)26-17-6-4-3-5-7-17;;/h3-13,26H,1-2H3,(H,24,25,27);2*1H. The highest BCUT2D eigenvalue weighted by atomic mass is 15.1. The summed E-state index contributed by atoms with van der Waals surface area (Å²) in [7, 11) is 0. The maximum absolute atomic E-state index is 9.63. The molecular weight excluding hydrogens is 334 g/mol. The molecule has 4 aromatic rings. The second kappa shape index (κ2) is 6.58. The van der Waals surface area contributed by atoms with E-state index < -0.39 is 5.41 Å². The maximum Gasteiger partial charge on any atom is 0.155 e. The van der Waals surface area contributed by atoms with Gasteiger partial charge in [0.15, 0.2) is 5.65 Å². The molecule has 2 N–H and O–H groups in total. The van der Waals surface area contributed by atoms with Crippen LogP contribution in [0.2, 0.25) is 0 Å². The van der Waals surface area contributed by atoms with Crippen molar-refractivity contribution in [2.45, 2.75) is 19.3 Å². The summed E-state index contributed by atoms with van der Waals surface area (Å²) in [5, 5.41) is 21.1. The van der Waals surface area contributed by atoms with Crippen molar-refractivity contribution in [3.8, 4) is 17.2 Å². The molecule has 136 valence electrons. The Morgan fingerprint density at radius 1 is 1.07 bits per heavy atom. The molecule has 2 aromatic carbocycles. The molecule has 2 heterocycles. The van der Waals surface area contributed by atoms with E-state index in [1.54, 1.807) is 12.4 Å². The van der Waals surface area contributed by atoms with Crippen LogP contribution in [0.15, 0.2) is 67.0 Å². The molecule has 27 heavy (non-hydrogen) atoms. The fourth-order valence-corrected chi connectivity index (χ4v) is 3.07. The number of anilines is 2. The molecule has 4 rings (SSSR count). The highest BCUT2D eigenvalue weighted by molar-refractivity contribution is 5.93. The predicted octanol–water partition coefficient (Wildman–Crippen LogP) is 5.66. The van der Waals surface area contributed by atoms with Gasteiger partial charge in [-0.3, -0.25) is 5.10 Å². The van der Waals surface area contributed by atoms with E-state index in [-0.39, 0.29) is 2.85 Å². The number of hydrogen-bond acceptors (Lipinski definition) is 4. The van der Waals surface area contributed by atoms with E-state index in [0.717, 1.165) is 39.1 Å². The lowest BCUT2D eigenvalue weighted by atomic mass is 9.84. The lowest BCUT2D eigenvalue weighted by Crippen LogP contribution is -2.14. The topological polar surface area (TPSA) is 77.4 Å². The van der Waals surface area contributed by atoms with Gasteiger partial charge >= 0.3 is 0 Å². The van der Waals surface area contributed by atoms with Gasteiger partial charge in [0.25, 0.3) is 0 Å². The van der Waals surface area contributed by atoms with E-state index in [0.29, 0.717) is 0 Å². The molecule has 0 atom stereocenters. The minimum atomic E-state index is -0.605. The Morgan fingerprint density at radius 3 is 2.67 bits per heavy atom. The third-order valence-corrected chi connectivity index (χ3v) is 4.66. The van der Waals surface area contributed by atoms with Crippen molar-refractivity contribution < 1.29 is 2.85 Å². The number of H-pyrrole nitrogens is 1. The third kappa shape index (κ3) is 3.25. The Kier molecular flexibility index (Phi) is 4.09. The number of hydrogen-bond donors (Lipinski definition) is 2. The van der Waals surface area contributed by atoms with Crippen LogP contribution in [0.1, 0.15) is 22.3 Å². The van der Waals surface area contributed by atoms with Crippen molar-refractivity contribution in [2.24, 2.45) is 0 Å². The van der Waals surface area contributed by atoms with Crippen molar-refractivity contribution in [1.82, 2.24) is 15.2 Å². The Bertz CT molecular complexity index is 1150. The number of rotatable bonds is 4. The number of fused-ring (bicyclic) bond motifs is 1. The average molecular weight is 357 g/mol. The summed E-state index contributed by atoms with van der Waals surface area (Å²) in [6, 6.07) is 20.6. The molecule has 0 aliphatic heterocycles. The Labute approximate surface area is 160 Å². The van der Waals surface area contributed by atoms with Gasteiger partial charge in [-0.1, -0.05) is 18.2 Å². The maximum atomic E-state index is 9.63. The monoisotopic (exact) mass is 357 g/mol. The largest absolute Gasteiger partial charge is 0.356 e. The van der Waals surface area contributed by atoms with Gasteiger partial charge in [0, 0.05) is 25.8 Å².